The lowest BCUT2D eigenvalue weighted by Gasteiger charge is -2.40. The minimum Gasteiger partial charge on any atom is -0.500 e. The van der Waals surface area contributed by atoms with Gasteiger partial charge in [-0.2, -0.15) is 0 Å². The molecule has 194 valence electrons. The second kappa shape index (κ2) is 12.2. The molecule has 0 N–H and O–H groups in total. The number of nitrogens with zero attached hydrogens (tertiary/aromatic N) is 2. The Kier molecular flexibility index (Phi) is 9.34. The van der Waals surface area contributed by atoms with Gasteiger partial charge in [-0.1, -0.05) is 143 Å². The Morgan fingerprint density at radius 2 is 0.838 bits per heavy atom. The number of hydrogen-bond acceptors (Lipinski definition) is 4. The first-order chi connectivity index (χ1) is 17.6. The van der Waals surface area contributed by atoms with Gasteiger partial charge in [0.1, 0.15) is 0 Å². The summed E-state index contributed by atoms with van der Waals surface area (Å²) in [5.41, 5.74) is 0.564. The molecule has 0 aliphatic carbocycles. The van der Waals surface area contributed by atoms with Crippen molar-refractivity contribution in [2.24, 2.45) is 10.2 Å². The summed E-state index contributed by atoms with van der Waals surface area (Å²) in [6.45, 7) is 12.4. The molecular weight excluding hydrogens is 497 g/mol. The molecule has 0 saturated heterocycles. The van der Waals surface area contributed by atoms with Crippen molar-refractivity contribution in [2.45, 2.75) is 58.2 Å². The molecule has 0 spiro atoms. The van der Waals surface area contributed by atoms with Crippen LogP contribution >= 0.6 is 0 Å². The third-order valence-corrected chi connectivity index (χ3v) is 16.8. The zero-order valence-electron chi connectivity index (χ0n) is 22.4. The van der Waals surface area contributed by atoms with Gasteiger partial charge in [0.25, 0.3) is 8.32 Å². The predicted octanol–water partition coefficient (Wildman–Crippen LogP) is 6.55. The molecule has 37 heavy (non-hydrogen) atoms. The van der Waals surface area contributed by atoms with Crippen molar-refractivity contribution in [2.75, 3.05) is 0 Å². The van der Waals surface area contributed by atoms with Crippen molar-refractivity contribution in [3.8, 4) is 0 Å². The van der Waals surface area contributed by atoms with Gasteiger partial charge in [-0.05, 0) is 32.2 Å². The summed E-state index contributed by atoms with van der Waals surface area (Å²) in [7, 11) is -5.82. The van der Waals surface area contributed by atoms with Crippen molar-refractivity contribution in [1.82, 2.24) is 0 Å². The van der Waals surface area contributed by atoms with Crippen LogP contribution in [-0.2, 0) is 8.85 Å². The van der Waals surface area contributed by atoms with Crippen LogP contribution in [0, 0.1) is 0 Å². The van der Waals surface area contributed by atoms with Gasteiger partial charge in [0, 0.05) is 0 Å². The number of benzene rings is 3. The summed E-state index contributed by atoms with van der Waals surface area (Å²) in [4.78, 5) is 26.0. The molecule has 3 aromatic rings. The summed E-state index contributed by atoms with van der Waals surface area (Å²) in [6, 6.07) is 29.0. The maximum absolute atomic E-state index is 13.2. The third-order valence-electron chi connectivity index (χ3n) is 6.97. The molecule has 0 aliphatic rings. The molecule has 0 heterocycles. The van der Waals surface area contributed by atoms with Crippen molar-refractivity contribution < 1.29 is 18.4 Å². The van der Waals surface area contributed by atoms with Crippen molar-refractivity contribution in [3.63, 3.8) is 0 Å². The number of rotatable bonds is 8. The quantitative estimate of drug-likeness (QED) is 0.187. The van der Waals surface area contributed by atoms with Gasteiger partial charge >= 0.3 is 20.5 Å². The number of amides is 2. The summed E-state index contributed by atoms with van der Waals surface area (Å²) < 4.78 is 12.3. The van der Waals surface area contributed by atoms with Crippen LogP contribution in [0.3, 0.4) is 0 Å². The minimum absolute atomic E-state index is 0.188. The van der Waals surface area contributed by atoms with Crippen molar-refractivity contribution in [3.05, 3.63) is 91.0 Å². The monoisotopic (exact) mass is 532 g/mol. The van der Waals surface area contributed by atoms with Crippen LogP contribution in [0.5, 0.6) is 0 Å². The SMILES string of the molecule is CC(C)[Si](OC(=O)N=NC(=O)O[Si](c1ccccc1)(c1ccccc1)c1ccccc1)(C(C)C)C(C)C. The fourth-order valence-electron chi connectivity index (χ4n) is 5.45. The lowest BCUT2D eigenvalue weighted by atomic mass is 10.3. The van der Waals surface area contributed by atoms with E-state index in [0.29, 0.717) is 0 Å². The molecule has 0 saturated carbocycles. The number of carbonyl (C=O) groups excluding carboxylic acids is 2. The van der Waals surface area contributed by atoms with E-state index < -0.39 is 28.8 Å². The smallest absolute Gasteiger partial charge is 0.439 e. The summed E-state index contributed by atoms with van der Waals surface area (Å²) in [5.74, 6) is 0. The van der Waals surface area contributed by atoms with Gasteiger partial charge < -0.3 is 8.85 Å². The van der Waals surface area contributed by atoms with E-state index >= 15 is 0 Å². The van der Waals surface area contributed by atoms with Gasteiger partial charge in [0.15, 0.2) is 0 Å². The van der Waals surface area contributed by atoms with Crippen molar-refractivity contribution in [1.29, 1.82) is 0 Å². The van der Waals surface area contributed by atoms with Crippen LogP contribution < -0.4 is 15.6 Å². The van der Waals surface area contributed by atoms with Gasteiger partial charge in [-0.3, -0.25) is 0 Å². The molecule has 0 bridgehead atoms. The van der Waals surface area contributed by atoms with E-state index in [9.17, 15) is 9.59 Å². The van der Waals surface area contributed by atoms with E-state index in [4.69, 9.17) is 8.85 Å². The molecule has 3 aromatic carbocycles. The Labute approximate surface area is 222 Å². The molecule has 3 rings (SSSR count). The number of hydrogen-bond donors (Lipinski definition) is 0. The van der Waals surface area contributed by atoms with Crippen LogP contribution in [0.4, 0.5) is 9.59 Å². The van der Waals surface area contributed by atoms with E-state index in [-0.39, 0.29) is 16.6 Å². The van der Waals surface area contributed by atoms with E-state index in [0.717, 1.165) is 15.6 Å². The standard InChI is InChI=1S/C29H36N2O4Si2/c1-22(2)36(23(3)4,24(5)6)34-28(32)30-31-29(33)35-37(25-16-10-7-11-17-25,26-18-12-8-13-19-26)27-20-14-9-15-21-27/h7-24H,1-6H3. The molecule has 0 fully saturated rings. The molecule has 0 aliphatic heterocycles. The maximum atomic E-state index is 13.2. The second-order valence-corrected chi connectivity index (χ2v) is 18.7. The highest BCUT2D eigenvalue weighted by Crippen LogP contribution is 2.42. The maximum Gasteiger partial charge on any atom is 0.439 e. The second-order valence-electron chi connectivity index (χ2n) is 10.0. The average Bonchev–Trinajstić information content (AvgIpc) is 2.90. The first kappa shape index (κ1) is 28.2. The van der Waals surface area contributed by atoms with E-state index in [1.54, 1.807) is 0 Å². The van der Waals surface area contributed by atoms with Gasteiger partial charge in [-0.15, -0.1) is 0 Å². The van der Waals surface area contributed by atoms with Gasteiger partial charge in [0.2, 0.25) is 0 Å². The predicted molar refractivity (Wildman–Crippen MR) is 153 cm³/mol. The third kappa shape index (κ3) is 5.97. The van der Waals surface area contributed by atoms with Crippen LogP contribution in [0.2, 0.25) is 16.6 Å². The van der Waals surface area contributed by atoms with E-state index in [2.05, 4.69) is 51.8 Å². The first-order valence-corrected chi connectivity index (χ1v) is 16.7. The molecular formula is C29H36N2O4Si2. The van der Waals surface area contributed by atoms with Crippen molar-refractivity contribution >= 4 is 44.4 Å². The first-order valence-electron chi connectivity index (χ1n) is 12.7. The molecule has 0 unspecified atom stereocenters. The highest BCUT2D eigenvalue weighted by molar-refractivity contribution is 7.07. The summed E-state index contributed by atoms with van der Waals surface area (Å²) in [5, 5.41) is 10.00. The molecule has 0 atom stereocenters. The normalized spacial score (nSPS) is 12.4. The molecule has 0 radical (unpaired) electrons. The minimum atomic E-state index is -3.31. The highest BCUT2D eigenvalue weighted by atomic mass is 28.4. The zero-order valence-corrected chi connectivity index (χ0v) is 24.4. The number of azo groups is 1. The highest BCUT2D eigenvalue weighted by Gasteiger charge is 2.49. The van der Waals surface area contributed by atoms with Gasteiger partial charge in [-0.25, -0.2) is 9.59 Å². The fourth-order valence-corrected chi connectivity index (χ4v) is 14.1. The van der Waals surface area contributed by atoms with E-state index in [1.807, 2.05) is 91.0 Å². The molecule has 8 heteroatoms. The largest absolute Gasteiger partial charge is 0.500 e. The molecule has 2 amide bonds. The Morgan fingerprint density at radius 1 is 0.541 bits per heavy atom. The Balaban J connectivity index is 1.99. The summed E-state index contributed by atoms with van der Waals surface area (Å²) in [6.07, 6.45) is -1.77. The topological polar surface area (TPSA) is 77.3 Å². The average molecular weight is 533 g/mol. The Morgan fingerprint density at radius 3 is 1.14 bits per heavy atom. The molecule has 0 aromatic heterocycles. The lowest BCUT2D eigenvalue weighted by molar-refractivity contribution is 0.196. The van der Waals surface area contributed by atoms with Crippen LogP contribution in [0.25, 0.3) is 0 Å². The Bertz CT molecular complexity index is 1080. The molecule has 6 nitrogen and oxygen atoms in total. The fraction of sp³-hybridized carbons (Fsp3) is 0.310. The van der Waals surface area contributed by atoms with Crippen LogP contribution in [-0.4, -0.2) is 28.8 Å². The lowest BCUT2D eigenvalue weighted by Crippen LogP contribution is -2.69. The van der Waals surface area contributed by atoms with E-state index in [1.165, 1.54) is 0 Å². The Hall–Kier alpha value is -3.37. The van der Waals surface area contributed by atoms with Gasteiger partial charge in [0.05, 0.1) is 0 Å². The van der Waals surface area contributed by atoms with Crippen LogP contribution in [0.15, 0.2) is 101 Å². The van der Waals surface area contributed by atoms with Crippen LogP contribution in [0.1, 0.15) is 41.5 Å². The number of carbonyl (C=O) groups is 2. The zero-order chi connectivity index (χ0) is 27.1. The summed E-state index contributed by atoms with van der Waals surface area (Å²) >= 11 is 0.